The van der Waals surface area contributed by atoms with E-state index in [1.54, 1.807) is 4.72 Å². The van der Waals surface area contributed by atoms with Gasteiger partial charge in [0.15, 0.2) is 0 Å². The van der Waals surface area contributed by atoms with Crippen LogP contribution in [0.3, 0.4) is 0 Å². The summed E-state index contributed by atoms with van der Waals surface area (Å²) in [4.78, 5) is 10.6. The Labute approximate surface area is 143 Å². The maximum atomic E-state index is 14.0. The van der Waals surface area contributed by atoms with Gasteiger partial charge in [0.1, 0.15) is 28.0 Å². The molecule has 0 aliphatic rings. The zero-order valence-electron chi connectivity index (χ0n) is 11.9. The van der Waals surface area contributed by atoms with Crippen molar-refractivity contribution in [1.82, 2.24) is 0 Å². The van der Waals surface area contributed by atoms with Gasteiger partial charge >= 0.3 is 5.97 Å². The molecule has 2 aromatic carbocycles. The summed E-state index contributed by atoms with van der Waals surface area (Å²) in [5.74, 6) is -4.50. The Balaban J connectivity index is 2.56. The number of benzene rings is 2. The molecule has 128 valence electrons. The highest BCUT2D eigenvalue weighted by Gasteiger charge is 2.26. The van der Waals surface area contributed by atoms with Crippen LogP contribution >= 0.6 is 15.9 Å². The number of carbonyl (C=O) groups excluding carboxylic acids is 1. The van der Waals surface area contributed by atoms with Gasteiger partial charge in [-0.15, -0.1) is 0 Å². The Morgan fingerprint density at radius 2 is 1.71 bits per heavy atom. The fourth-order valence-corrected chi connectivity index (χ4v) is 3.43. The van der Waals surface area contributed by atoms with Crippen molar-refractivity contribution in [2.75, 3.05) is 11.8 Å². The number of ether oxygens (including phenoxy) is 1. The Kier molecular flexibility index (Phi) is 5.19. The minimum absolute atomic E-state index is 0.0390. The average Bonchev–Trinajstić information content (AvgIpc) is 2.50. The molecule has 0 fully saturated rings. The molecular weight excluding hydrogens is 415 g/mol. The van der Waals surface area contributed by atoms with Crippen molar-refractivity contribution in [3.63, 3.8) is 0 Å². The molecule has 0 saturated carbocycles. The molecule has 0 bridgehead atoms. The van der Waals surface area contributed by atoms with E-state index in [1.165, 1.54) is 0 Å². The molecule has 0 aliphatic carbocycles. The predicted molar refractivity (Wildman–Crippen MR) is 82.6 cm³/mol. The maximum absolute atomic E-state index is 14.0. The van der Waals surface area contributed by atoms with Crippen LogP contribution in [0.1, 0.15) is 10.4 Å². The Bertz CT molecular complexity index is 898. The summed E-state index contributed by atoms with van der Waals surface area (Å²) in [7, 11) is -3.65. The molecular formula is C14H9BrF3NO4S. The summed E-state index contributed by atoms with van der Waals surface area (Å²) in [6, 6.07) is 4.14. The van der Waals surface area contributed by atoms with Crippen molar-refractivity contribution in [2.45, 2.75) is 4.90 Å². The van der Waals surface area contributed by atoms with Gasteiger partial charge in [-0.3, -0.25) is 4.72 Å². The molecule has 24 heavy (non-hydrogen) atoms. The van der Waals surface area contributed by atoms with Crippen molar-refractivity contribution in [3.8, 4) is 0 Å². The van der Waals surface area contributed by atoms with Crippen LogP contribution in [0.4, 0.5) is 18.9 Å². The number of rotatable bonds is 4. The number of esters is 1. The Morgan fingerprint density at radius 1 is 1.12 bits per heavy atom. The number of sulfonamides is 1. The summed E-state index contributed by atoms with van der Waals surface area (Å²) in [6.45, 7) is 0. The molecule has 10 heteroatoms. The van der Waals surface area contributed by atoms with Gasteiger partial charge in [0.05, 0.1) is 12.7 Å². The Hall–Kier alpha value is -2.07. The highest BCUT2D eigenvalue weighted by molar-refractivity contribution is 9.10. The van der Waals surface area contributed by atoms with E-state index >= 15 is 0 Å². The van der Waals surface area contributed by atoms with Crippen LogP contribution in [0.15, 0.2) is 39.7 Å². The largest absolute Gasteiger partial charge is 0.465 e. The topological polar surface area (TPSA) is 72.5 Å². The van der Waals surface area contributed by atoms with E-state index in [0.29, 0.717) is 6.07 Å². The van der Waals surface area contributed by atoms with Gasteiger partial charge < -0.3 is 4.74 Å². The van der Waals surface area contributed by atoms with E-state index in [-0.39, 0.29) is 10.0 Å². The van der Waals surface area contributed by atoms with Gasteiger partial charge in [-0.1, -0.05) is 6.07 Å². The van der Waals surface area contributed by atoms with Crippen LogP contribution < -0.4 is 4.72 Å². The van der Waals surface area contributed by atoms with Crippen LogP contribution in [0.25, 0.3) is 0 Å². The summed E-state index contributed by atoms with van der Waals surface area (Å²) >= 11 is 2.90. The normalized spacial score (nSPS) is 11.2. The molecule has 2 aromatic rings. The second-order valence-corrected chi connectivity index (χ2v) is 6.96. The molecule has 5 nitrogen and oxygen atoms in total. The lowest BCUT2D eigenvalue weighted by Gasteiger charge is -2.12. The van der Waals surface area contributed by atoms with Gasteiger partial charge in [0.2, 0.25) is 0 Å². The zero-order valence-corrected chi connectivity index (χ0v) is 14.3. The van der Waals surface area contributed by atoms with Gasteiger partial charge in [-0.2, -0.15) is 0 Å². The smallest absolute Gasteiger partial charge is 0.339 e. The molecule has 0 spiro atoms. The Morgan fingerprint density at radius 3 is 2.25 bits per heavy atom. The first-order chi connectivity index (χ1) is 11.2. The lowest BCUT2D eigenvalue weighted by atomic mass is 10.2. The lowest BCUT2D eigenvalue weighted by Crippen LogP contribution is -2.18. The minimum atomic E-state index is -4.70. The van der Waals surface area contributed by atoms with Gasteiger partial charge in [0.25, 0.3) is 10.0 Å². The van der Waals surface area contributed by atoms with E-state index in [4.69, 9.17) is 0 Å². The van der Waals surface area contributed by atoms with E-state index in [1.807, 2.05) is 0 Å². The number of para-hydroxylation sites is 1. The molecule has 0 heterocycles. The van der Waals surface area contributed by atoms with E-state index in [2.05, 4.69) is 20.7 Å². The highest BCUT2D eigenvalue weighted by Crippen LogP contribution is 2.28. The van der Waals surface area contributed by atoms with Crippen molar-refractivity contribution in [1.29, 1.82) is 0 Å². The first-order valence-corrected chi connectivity index (χ1v) is 8.49. The number of carbonyl (C=O) groups is 1. The van der Waals surface area contributed by atoms with Crippen LogP contribution in [0.5, 0.6) is 0 Å². The molecule has 0 unspecified atom stereocenters. The second kappa shape index (κ2) is 6.81. The van der Waals surface area contributed by atoms with E-state index in [0.717, 1.165) is 31.4 Å². The highest BCUT2D eigenvalue weighted by atomic mass is 79.9. The third-order valence-corrected chi connectivity index (χ3v) is 4.94. The summed E-state index contributed by atoms with van der Waals surface area (Å²) < 4.78 is 71.7. The quantitative estimate of drug-likeness (QED) is 0.764. The molecule has 0 aliphatic heterocycles. The molecule has 2 rings (SSSR count). The first-order valence-electron chi connectivity index (χ1n) is 6.21. The molecule has 0 radical (unpaired) electrons. The number of anilines is 1. The van der Waals surface area contributed by atoms with Gasteiger partial charge in [-0.25, -0.2) is 26.4 Å². The second-order valence-electron chi connectivity index (χ2n) is 4.46. The number of hydrogen-bond acceptors (Lipinski definition) is 4. The number of methoxy groups -OCH3 is 1. The number of hydrogen-bond donors (Lipinski definition) is 1. The average molecular weight is 424 g/mol. The number of nitrogens with one attached hydrogen (secondary N) is 1. The molecule has 0 amide bonds. The van der Waals surface area contributed by atoms with Crippen molar-refractivity contribution < 1.29 is 31.1 Å². The molecule has 0 aromatic heterocycles. The molecule has 1 N–H and O–H groups in total. The van der Waals surface area contributed by atoms with Crippen LogP contribution in [-0.2, 0) is 14.8 Å². The third-order valence-electron chi connectivity index (χ3n) is 2.92. The SMILES string of the molecule is COC(=O)c1cc(S(=O)(=O)Nc2c(F)cccc2F)c(F)cc1Br. The van der Waals surface area contributed by atoms with Crippen molar-refractivity contribution in [3.05, 3.63) is 57.8 Å². The monoisotopic (exact) mass is 423 g/mol. The zero-order chi connectivity index (χ0) is 18.1. The van der Waals surface area contributed by atoms with Gasteiger partial charge in [-0.05, 0) is 40.2 Å². The molecule has 0 atom stereocenters. The summed E-state index contributed by atoms with van der Waals surface area (Å²) in [5.41, 5.74) is -1.23. The van der Waals surface area contributed by atoms with Crippen LogP contribution in [0, 0.1) is 17.5 Å². The van der Waals surface area contributed by atoms with E-state index in [9.17, 15) is 26.4 Å². The molecule has 0 saturated heterocycles. The van der Waals surface area contributed by atoms with Gasteiger partial charge in [0, 0.05) is 4.47 Å². The standard InChI is InChI=1S/C14H9BrF3NO4S/c1-23-14(20)7-5-12(11(18)6-8(7)15)24(21,22)19-13-9(16)3-2-4-10(13)17/h2-6,19H,1H3. The van der Waals surface area contributed by atoms with E-state index < -0.39 is 44.0 Å². The number of halogens is 4. The fraction of sp³-hybridized carbons (Fsp3) is 0.0714. The third kappa shape index (κ3) is 3.54. The lowest BCUT2D eigenvalue weighted by molar-refractivity contribution is 0.0599. The van der Waals surface area contributed by atoms with Crippen molar-refractivity contribution >= 4 is 37.6 Å². The fourth-order valence-electron chi connectivity index (χ4n) is 1.79. The first kappa shape index (κ1) is 18.3. The summed E-state index contributed by atoms with van der Waals surface area (Å²) in [6.07, 6.45) is 0. The maximum Gasteiger partial charge on any atom is 0.339 e. The van der Waals surface area contributed by atoms with Crippen molar-refractivity contribution in [2.24, 2.45) is 0 Å². The van der Waals surface area contributed by atoms with Crippen LogP contribution in [-0.4, -0.2) is 21.5 Å². The van der Waals surface area contributed by atoms with Crippen LogP contribution in [0.2, 0.25) is 0 Å². The predicted octanol–water partition coefficient (Wildman–Crippen LogP) is 3.45. The summed E-state index contributed by atoms with van der Waals surface area (Å²) in [5, 5.41) is 0. The minimum Gasteiger partial charge on any atom is -0.465 e.